The van der Waals surface area contributed by atoms with Crippen molar-refractivity contribution in [1.29, 1.82) is 0 Å². The number of hydrogen-bond donors (Lipinski definition) is 2. The van der Waals surface area contributed by atoms with Crippen molar-refractivity contribution in [3.8, 4) is 5.75 Å². The van der Waals surface area contributed by atoms with Gasteiger partial charge >= 0.3 is 0 Å². The molecule has 6 heteroatoms. The van der Waals surface area contributed by atoms with E-state index in [0.717, 1.165) is 15.9 Å². The Kier molecular flexibility index (Phi) is 4.46. The Morgan fingerprint density at radius 3 is 2.95 bits per heavy atom. The average Bonchev–Trinajstić information content (AvgIpc) is 2.80. The van der Waals surface area contributed by atoms with Crippen LogP contribution >= 0.6 is 15.9 Å². The molecule has 2 aromatic rings. The number of anilines is 1. The summed E-state index contributed by atoms with van der Waals surface area (Å²) in [6, 6.07) is 9.12. The summed E-state index contributed by atoms with van der Waals surface area (Å²) >= 11 is 3.39. The van der Waals surface area contributed by atoms with Crippen LogP contribution in [-0.4, -0.2) is 12.5 Å². The summed E-state index contributed by atoms with van der Waals surface area (Å²) in [4.78, 5) is 10.6. The summed E-state index contributed by atoms with van der Waals surface area (Å²) in [6.45, 7) is 0.417. The second-order valence-electron chi connectivity index (χ2n) is 3.83. The molecule has 0 saturated heterocycles. The van der Waals surface area contributed by atoms with Crippen molar-refractivity contribution in [1.82, 2.24) is 0 Å². The number of nitrogens with two attached hydrogens (primary N) is 1. The number of furan rings is 1. The molecule has 0 aliphatic heterocycles. The molecule has 0 radical (unpaired) electrons. The second-order valence-corrected chi connectivity index (χ2v) is 4.68. The summed E-state index contributed by atoms with van der Waals surface area (Å²) < 4.78 is 11.4. The Morgan fingerprint density at radius 1 is 1.42 bits per heavy atom. The largest absolute Gasteiger partial charge is 0.484 e. The smallest absolute Gasteiger partial charge is 0.255 e. The van der Waals surface area contributed by atoms with Crippen LogP contribution < -0.4 is 15.8 Å². The van der Waals surface area contributed by atoms with E-state index < -0.39 is 5.91 Å². The summed E-state index contributed by atoms with van der Waals surface area (Å²) in [5.74, 6) is 0.892. The molecule has 0 saturated carbocycles. The van der Waals surface area contributed by atoms with Crippen molar-refractivity contribution in [2.75, 3.05) is 11.9 Å². The standard InChI is InChI=1S/C13H13BrN2O3/c14-11-4-5-18-12(11)7-16-9-2-1-3-10(6-9)19-8-13(15)17/h1-6,16H,7-8H2,(H2,15,17). The molecule has 0 aliphatic rings. The van der Waals surface area contributed by atoms with Crippen LogP contribution in [0.1, 0.15) is 5.76 Å². The van der Waals surface area contributed by atoms with Gasteiger partial charge in [-0.25, -0.2) is 0 Å². The van der Waals surface area contributed by atoms with Gasteiger partial charge in [-0.2, -0.15) is 0 Å². The fourth-order valence-electron chi connectivity index (χ4n) is 1.48. The van der Waals surface area contributed by atoms with Gasteiger partial charge in [0.15, 0.2) is 6.61 Å². The van der Waals surface area contributed by atoms with Crippen molar-refractivity contribution in [3.05, 3.63) is 46.8 Å². The minimum atomic E-state index is -0.502. The molecule has 0 atom stereocenters. The molecule has 1 aromatic heterocycles. The highest BCUT2D eigenvalue weighted by Crippen LogP contribution is 2.21. The van der Waals surface area contributed by atoms with E-state index >= 15 is 0 Å². The van der Waals surface area contributed by atoms with E-state index in [1.807, 2.05) is 18.2 Å². The highest BCUT2D eigenvalue weighted by atomic mass is 79.9. The molecule has 1 amide bonds. The van der Waals surface area contributed by atoms with Crippen molar-refractivity contribution < 1.29 is 13.9 Å². The van der Waals surface area contributed by atoms with Crippen LogP contribution in [0.2, 0.25) is 0 Å². The summed E-state index contributed by atoms with van der Waals surface area (Å²) in [5, 5.41) is 3.20. The van der Waals surface area contributed by atoms with E-state index in [1.165, 1.54) is 0 Å². The zero-order chi connectivity index (χ0) is 13.7. The molecule has 0 fully saturated rings. The Balaban J connectivity index is 1.95. The van der Waals surface area contributed by atoms with Crippen LogP contribution in [0.5, 0.6) is 5.75 Å². The topological polar surface area (TPSA) is 77.5 Å². The first-order chi connectivity index (χ1) is 9.15. The Labute approximate surface area is 118 Å². The van der Waals surface area contributed by atoms with Gasteiger partial charge < -0.3 is 20.2 Å². The first-order valence-electron chi connectivity index (χ1n) is 5.62. The van der Waals surface area contributed by atoms with Crippen LogP contribution in [0.3, 0.4) is 0 Å². The quantitative estimate of drug-likeness (QED) is 0.855. The molecule has 0 unspecified atom stereocenters. The number of hydrogen-bond acceptors (Lipinski definition) is 4. The van der Waals surface area contributed by atoms with Gasteiger partial charge in [-0.1, -0.05) is 6.07 Å². The molecule has 3 N–H and O–H groups in total. The molecule has 0 aliphatic carbocycles. The van der Waals surface area contributed by atoms with Crippen molar-refractivity contribution >= 4 is 27.5 Å². The maximum absolute atomic E-state index is 10.6. The Morgan fingerprint density at radius 2 is 2.26 bits per heavy atom. The predicted octanol–water partition coefficient (Wildman–Crippen LogP) is 2.52. The number of ether oxygens (including phenoxy) is 1. The van der Waals surface area contributed by atoms with Gasteiger partial charge in [-0.3, -0.25) is 4.79 Å². The SMILES string of the molecule is NC(=O)COc1cccc(NCc2occc2Br)c1. The molecular weight excluding hydrogens is 312 g/mol. The number of nitrogens with one attached hydrogen (secondary N) is 1. The number of carbonyl (C=O) groups excluding carboxylic acids is 1. The molecular formula is C13H13BrN2O3. The monoisotopic (exact) mass is 324 g/mol. The van der Waals surface area contributed by atoms with Crippen molar-refractivity contribution in [3.63, 3.8) is 0 Å². The van der Waals surface area contributed by atoms with Crippen LogP contribution in [0.25, 0.3) is 0 Å². The number of amides is 1. The fraction of sp³-hybridized carbons (Fsp3) is 0.154. The normalized spacial score (nSPS) is 10.2. The van der Waals surface area contributed by atoms with E-state index in [9.17, 15) is 4.79 Å². The maximum atomic E-state index is 10.6. The second kappa shape index (κ2) is 6.29. The lowest BCUT2D eigenvalue weighted by Crippen LogP contribution is -2.20. The average molecular weight is 325 g/mol. The lowest BCUT2D eigenvalue weighted by atomic mass is 10.3. The molecule has 0 bridgehead atoms. The molecule has 1 aromatic carbocycles. The van der Waals surface area contributed by atoms with E-state index in [4.69, 9.17) is 14.9 Å². The summed E-state index contributed by atoms with van der Waals surface area (Å²) in [5.41, 5.74) is 5.89. The predicted molar refractivity (Wildman–Crippen MR) is 74.9 cm³/mol. The summed E-state index contributed by atoms with van der Waals surface area (Å²) in [6.07, 6.45) is 1.62. The first kappa shape index (κ1) is 13.5. The number of halogens is 1. The molecule has 5 nitrogen and oxygen atoms in total. The van der Waals surface area contributed by atoms with Crippen LogP contribution in [-0.2, 0) is 11.3 Å². The van der Waals surface area contributed by atoms with Gasteiger partial charge in [0.25, 0.3) is 5.91 Å². The van der Waals surface area contributed by atoms with Crippen LogP contribution in [0.15, 0.2) is 45.5 Å². The number of benzene rings is 1. The lowest BCUT2D eigenvalue weighted by Gasteiger charge is -2.08. The fourth-order valence-corrected chi connectivity index (χ4v) is 1.83. The van der Waals surface area contributed by atoms with Gasteiger partial charge in [-0.05, 0) is 34.1 Å². The molecule has 1 heterocycles. The minimum Gasteiger partial charge on any atom is -0.484 e. The van der Waals surface area contributed by atoms with Gasteiger partial charge in [0.05, 0.1) is 17.3 Å². The zero-order valence-corrected chi connectivity index (χ0v) is 11.6. The summed E-state index contributed by atoms with van der Waals surface area (Å²) in [7, 11) is 0. The van der Waals surface area contributed by atoms with E-state index in [-0.39, 0.29) is 6.61 Å². The maximum Gasteiger partial charge on any atom is 0.255 e. The zero-order valence-electron chi connectivity index (χ0n) is 10.1. The molecule has 2 rings (SSSR count). The van der Waals surface area contributed by atoms with E-state index in [2.05, 4.69) is 21.2 Å². The van der Waals surface area contributed by atoms with Crippen molar-refractivity contribution in [2.24, 2.45) is 5.73 Å². The minimum absolute atomic E-state index is 0.132. The highest BCUT2D eigenvalue weighted by Gasteiger charge is 2.04. The lowest BCUT2D eigenvalue weighted by molar-refractivity contribution is -0.119. The van der Waals surface area contributed by atoms with Crippen LogP contribution in [0.4, 0.5) is 5.69 Å². The highest BCUT2D eigenvalue weighted by molar-refractivity contribution is 9.10. The third-order valence-corrected chi connectivity index (χ3v) is 3.07. The van der Waals surface area contributed by atoms with Gasteiger partial charge in [0, 0.05) is 11.8 Å². The third kappa shape index (κ3) is 4.03. The van der Waals surface area contributed by atoms with Gasteiger partial charge in [0.2, 0.25) is 0 Å². The first-order valence-corrected chi connectivity index (χ1v) is 6.41. The van der Waals surface area contributed by atoms with Gasteiger partial charge in [-0.15, -0.1) is 0 Å². The number of rotatable bonds is 6. The third-order valence-electron chi connectivity index (χ3n) is 2.36. The molecule has 19 heavy (non-hydrogen) atoms. The van der Waals surface area contributed by atoms with E-state index in [1.54, 1.807) is 18.4 Å². The van der Waals surface area contributed by atoms with Crippen LogP contribution in [0, 0.1) is 0 Å². The molecule has 100 valence electrons. The van der Waals surface area contributed by atoms with E-state index in [0.29, 0.717) is 12.3 Å². The Hall–Kier alpha value is -1.95. The molecule has 0 spiro atoms. The number of primary amides is 1. The number of carbonyl (C=O) groups is 1. The Bertz CT molecular complexity index is 569. The van der Waals surface area contributed by atoms with Gasteiger partial charge in [0.1, 0.15) is 11.5 Å². The van der Waals surface area contributed by atoms with Crippen molar-refractivity contribution in [2.45, 2.75) is 6.54 Å².